The summed E-state index contributed by atoms with van der Waals surface area (Å²) in [7, 11) is 0. The Kier molecular flexibility index (Phi) is 6.95. The maximum atomic E-state index is 12.9. The minimum atomic E-state index is -0.0457. The third-order valence-electron chi connectivity index (χ3n) is 5.25. The fourth-order valence-electron chi connectivity index (χ4n) is 3.62. The second kappa shape index (κ2) is 9.85. The Balaban J connectivity index is 1.29. The van der Waals surface area contributed by atoms with Crippen LogP contribution < -0.4 is 4.74 Å². The van der Waals surface area contributed by atoms with E-state index in [9.17, 15) is 4.79 Å². The quantitative estimate of drug-likeness (QED) is 0.493. The Labute approximate surface area is 195 Å². The Bertz CT molecular complexity index is 1060. The molecule has 1 aliphatic heterocycles. The van der Waals surface area contributed by atoms with Gasteiger partial charge < -0.3 is 9.64 Å². The first-order valence-electron chi connectivity index (χ1n) is 10.2. The monoisotopic (exact) mass is 502 g/mol. The lowest BCUT2D eigenvalue weighted by Crippen LogP contribution is -2.48. The summed E-state index contributed by atoms with van der Waals surface area (Å²) in [6.07, 6.45) is 1.74. The zero-order chi connectivity index (χ0) is 21.8. The van der Waals surface area contributed by atoms with Crippen LogP contribution >= 0.6 is 27.5 Å². The molecule has 0 N–H and O–H groups in total. The molecule has 0 aliphatic carbocycles. The van der Waals surface area contributed by atoms with Crippen LogP contribution in [0.25, 0.3) is 0 Å². The first-order valence-corrected chi connectivity index (χ1v) is 11.3. The number of aryl methyl sites for hydroxylation is 1. The Morgan fingerprint density at radius 1 is 1.13 bits per heavy atom. The molecule has 2 aromatic carbocycles. The van der Waals surface area contributed by atoms with Crippen molar-refractivity contribution < 1.29 is 9.53 Å². The third-order valence-corrected chi connectivity index (χ3v) is 6.04. The van der Waals surface area contributed by atoms with Crippen molar-refractivity contribution in [1.82, 2.24) is 19.6 Å². The van der Waals surface area contributed by atoms with Crippen molar-refractivity contribution in [2.24, 2.45) is 0 Å². The van der Waals surface area contributed by atoms with E-state index in [1.807, 2.05) is 11.0 Å². The molecule has 2 heterocycles. The highest BCUT2D eigenvalue weighted by atomic mass is 79.9. The third kappa shape index (κ3) is 5.67. The average Bonchev–Trinajstić information content (AvgIpc) is 3.22. The van der Waals surface area contributed by atoms with Crippen molar-refractivity contribution in [3.63, 3.8) is 0 Å². The van der Waals surface area contributed by atoms with E-state index in [4.69, 9.17) is 16.3 Å². The molecular formula is C23H24BrClN4O2. The number of nitrogens with zero attached hydrogens (tertiary/aromatic N) is 4. The van der Waals surface area contributed by atoms with Crippen LogP contribution in [0.3, 0.4) is 0 Å². The molecule has 0 unspecified atom stereocenters. The summed E-state index contributed by atoms with van der Waals surface area (Å²) >= 11 is 9.54. The molecule has 1 aliphatic rings. The van der Waals surface area contributed by atoms with Gasteiger partial charge in [0.25, 0.3) is 5.91 Å². The van der Waals surface area contributed by atoms with Gasteiger partial charge in [-0.3, -0.25) is 9.69 Å². The fourth-order valence-corrected chi connectivity index (χ4v) is 4.34. The second-order valence-electron chi connectivity index (χ2n) is 7.65. The Morgan fingerprint density at radius 2 is 1.94 bits per heavy atom. The summed E-state index contributed by atoms with van der Waals surface area (Å²) in [5, 5.41) is 4.89. The zero-order valence-electron chi connectivity index (χ0n) is 17.3. The average molecular weight is 504 g/mol. The van der Waals surface area contributed by atoms with Gasteiger partial charge in [-0.05, 0) is 36.8 Å². The number of benzene rings is 2. The van der Waals surface area contributed by atoms with E-state index in [-0.39, 0.29) is 12.6 Å². The molecule has 0 radical (unpaired) electrons. The lowest BCUT2D eigenvalue weighted by Gasteiger charge is -2.34. The number of piperazine rings is 1. The van der Waals surface area contributed by atoms with Crippen LogP contribution in [0.5, 0.6) is 5.75 Å². The van der Waals surface area contributed by atoms with Gasteiger partial charge in [0.1, 0.15) is 5.75 Å². The minimum Gasteiger partial charge on any atom is -0.470 e. The summed E-state index contributed by atoms with van der Waals surface area (Å²) in [6, 6.07) is 15.7. The van der Waals surface area contributed by atoms with Crippen molar-refractivity contribution in [3.8, 4) is 5.75 Å². The van der Waals surface area contributed by atoms with Crippen molar-refractivity contribution >= 4 is 33.4 Å². The molecule has 0 spiro atoms. The highest BCUT2D eigenvalue weighted by molar-refractivity contribution is 9.10. The number of halogens is 2. The molecule has 4 rings (SSSR count). The molecule has 6 nitrogen and oxygen atoms in total. The van der Waals surface area contributed by atoms with E-state index in [1.54, 1.807) is 29.1 Å². The lowest BCUT2D eigenvalue weighted by molar-refractivity contribution is 0.0621. The molecule has 1 aromatic heterocycles. The number of rotatable bonds is 6. The van der Waals surface area contributed by atoms with Gasteiger partial charge in [0, 0.05) is 43.4 Å². The predicted octanol–water partition coefficient (Wildman–Crippen LogP) is 4.60. The number of hydrogen-bond acceptors (Lipinski definition) is 4. The molecule has 1 saturated heterocycles. The number of ether oxygens (including phenoxy) is 1. The van der Waals surface area contributed by atoms with Crippen LogP contribution in [-0.4, -0.2) is 51.7 Å². The summed E-state index contributed by atoms with van der Waals surface area (Å²) in [5.41, 5.74) is 3.01. The molecule has 3 aromatic rings. The van der Waals surface area contributed by atoms with Gasteiger partial charge in [-0.2, -0.15) is 5.10 Å². The number of carbonyl (C=O) groups is 1. The van der Waals surface area contributed by atoms with Crippen molar-refractivity contribution in [3.05, 3.63) is 81.0 Å². The predicted molar refractivity (Wildman–Crippen MR) is 124 cm³/mol. The summed E-state index contributed by atoms with van der Waals surface area (Å²) in [5.74, 6) is 0.522. The molecule has 162 valence electrons. The topological polar surface area (TPSA) is 50.6 Å². The molecule has 0 saturated carbocycles. The lowest BCUT2D eigenvalue weighted by atomic mass is 10.1. The van der Waals surface area contributed by atoms with Crippen LogP contribution in [0.1, 0.15) is 21.6 Å². The number of hydrogen-bond donors (Lipinski definition) is 0. The van der Waals surface area contributed by atoms with Crippen LogP contribution in [0.2, 0.25) is 5.02 Å². The van der Waals surface area contributed by atoms with E-state index < -0.39 is 0 Å². The normalized spacial score (nSPS) is 14.6. The Morgan fingerprint density at radius 3 is 2.68 bits per heavy atom. The number of carbonyl (C=O) groups excluding carboxylic acids is 1. The standard InChI is InChI=1S/C23H24BrClN4O2/c1-17-3-2-4-18(13-17)15-27-9-11-28(12-10-27)23(30)21-7-8-29(26-21)16-31-22-6-5-19(24)14-20(22)25/h2-8,13-14H,9-12,15-16H2,1H3. The van der Waals surface area contributed by atoms with Crippen LogP contribution in [0.15, 0.2) is 59.2 Å². The van der Waals surface area contributed by atoms with Gasteiger partial charge in [0.05, 0.1) is 5.02 Å². The van der Waals surface area contributed by atoms with Crippen molar-refractivity contribution in [1.29, 1.82) is 0 Å². The number of amides is 1. The molecule has 31 heavy (non-hydrogen) atoms. The van der Waals surface area contributed by atoms with E-state index in [1.165, 1.54) is 11.1 Å². The van der Waals surface area contributed by atoms with E-state index in [0.29, 0.717) is 29.6 Å². The smallest absolute Gasteiger partial charge is 0.274 e. The first kappa shape index (κ1) is 21.9. The fraction of sp³-hybridized carbons (Fsp3) is 0.304. The highest BCUT2D eigenvalue weighted by Crippen LogP contribution is 2.27. The second-order valence-corrected chi connectivity index (χ2v) is 8.97. The molecule has 1 amide bonds. The van der Waals surface area contributed by atoms with Gasteiger partial charge in [-0.1, -0.05) is 57.4 Å². The van der Waals surface area contributed by atoms with Crippen LogP contribution in [0.4, 0.5) is 0 Å². The molecule has 1 fully saturated rings. The van der Waals surface area contributed by atoms with Gasteiger partial charge in [-0.25, -0.2) is 4.68 Å². The van der Waals surface area contributed by atoms with Crippen molar-refractivity contribution in [2.45, 2.75) is 20.2 Å². The van der Waals surface area contributed by atoms with E-state index >= 15 is 0 Å². The van der Waals surface area contributed by atoms with Gasteiger partial charge in [-0.15, -0.1) is 0 Å². The van der Waals surface area contributed by atoms with Gasteiger partial charge >= 0.3 is 0 Å². The Hall–Kier alpha value is -2.35. The summed E-state index contributed by atoms with van der Waals surface area (Å²) < 4.78 is 8.19. The van der Waals surface area contributed by atoms with E-state index in [0.717, 1.165) is 24.1 Å². The van der Waals surface area contributed by atoms with E-state index in [2.05, 4.69) is 57.1 Å². The molecule has 0 bridgehead atoms. The van der Waals surface area contributed by atoms with Crippen molar-refractivity contribution in [2.75, 3.05) is 26.2 Å². The zero-order valence-corrected chi connectivity index (χ0v) is 19.6. The van der Waals surface area contributed by atoms with Crippen LogP contribution in [-0.2, 0) is 13.3 Å². The largest absolute Gasteiger partial charge is 0.470 e. The highest BCUT2D eigenvalue weighted by Gasteiger charge is 2.23. The summed E-state index contributed by atoms with van der Waals surface area (Å²) in [6.45, 7) is 6.30. The maximum absolute atomic E-state index is 12.9. The summed E-state index contributed by atoms with van der Waals surface area (Å²) in [4.78, 5) is 17.1. The minimum absolute atomic E-state index is 0.0457. The molecule has 8 heteroatoms. The van der Waals surface area contributed by atoms with Gasteiger partial charge in [0.2, 0.25) is 0 Å². The number of aromatic nitrogens is 2. The molecule has 0 atom stereocenters. The maximum Gasteiger partial charge on any atom is 0.274 e. The SMILES string of the molecule is Cc1cccc(CN2CCN(C(=O)c3ccn(COc4ccc(Br)cc4Cl)n3)CC2)c1. The molecular weight excluding hydrogens is 480 g/mol. The first-order chi connectivity index (χ1) is 15.0. The van der Waals surface area contributed by atoms with Crippen LogP contribution in [0, 0.1) is 6.92 Å². The van der Waals surface area contributed by atoms with Gasteiger partial charge in [0.15, 0.2) is 12.4 Å².